The Bertz CT molecular complexity index is 896. The van der Waals surface area contributed by atoms with Crippen molar-refractivity contribution in [1.29, 1.82) is 0 Å². The molecule has 0 aliphatic heterocycles. The molecule has 0 aliphatic rings. The molecule has 0 spiro atoms. The number of carbonyl (C=O) groups is 2. The van der Waals surface area contributed by atoms with E-state index in [4.69, 9.17) is 0 Å². The summed E-state index contributed by atoms with van der Waals surface area (Å²) in [5, 5.41) is 2.86. The highest BCUT2D eigenvalue weighted by atomic mass is 16.2. The lowest BCUT2D eigenvalue weighted by atomic mass is 10.1. The number of rotatable bonds is 9. The van der Waals surface area contributed by atoms with Crippen molar-refractivity contribution in [3.63, 3.8) is 0 Å². The Hall–Kier alpha value is -3.40. The molecule has 0 aromatic heterocycles. The number of para-hydroxylation sites is 1. The van der Waals surface area contributed by atoms with Gasteiger partial charge in [-0.2, -0.15) is 0 Å². The maximum absolute atomic E-state index is 12.9. The molecule has 4 nitrogen and oxygen atoms in total. The van der Waals surface area contributed by atoms with Gasteiger partial charge in [-0.1, -0.05) is 78.9 Å². The molecule has 2 amide bonds. The molecule has 0 atom stereocenters. The van der Waals surface area contributed by atoms with E-state index in [2.05, 4.69) is 17.4 Å². The molecule has 0 saturated carbocycles. The number of amides is 2. The second-order valence-electron chi connectivity index (χ2n) is 6.88. The standard InChI is InChI=1S/C25H26N2O2/c28-24(20-22-12-6-2-7-13-22)26-18-16-25(29)27(23-14-8-3-9-15-23)19-17-21-10-4-1-5-11-21/h1-15H,16-20H2,(H,26,28). The van der Waals surface area contributed by atoms with Gasteiger partial charge in [0.25, 0.3) is 0 Å². The molecule has 3 rings (SSSR count). The maximum Gasteiger partial charge on any atom is 0.228 e. The molecule has 0 saturated heterocycles. The van der Waals surface area contributed by atoms with Gasteiger partial charge in [-0.15, -0.1) is 0 Å². The second kappa shape index (κ2) is 10.8. The Kier molecular flexibility index (Phi) is 7.58. The van der Waals surface area contributed by atoms with Crippen molar-refractivity contribution in [2.75, 3.05) is 18.0 Å². The molecular weight excluding hydrogens is 360 g/mol. The van der Waals surface area contributed by atoms with Crippen LogP contribution in [0.5, 0.6) is 0 Å². The number of benzene rings is 3. The molecule has 3 aromatic carbocycles. The summed E-state index contributed by atoms with van der Waals surface area (Å²) in [7, 11) is 0. The maximum atomic E-state index is 12.9. The predicted molar refractivity (Wildman–Crippen MR) is 117 cm³/mol. The third kappa shape index (κ3) is 6.61. The van der Waals surface area contributed by atoms with E-state index in [9.17, 15) is 9.59 Å². The molecule has 0 radical (unpaired) electrons. The minimum Gasteiger partial charge on any atom is -0.355 e. The van der Waals surface area contributed by atoms with Crippen LogP contribution in [0, 0.1) is 0 Å². The summed E-state index contributed by atoms with van der Waals surface area (Å²) >= 11 is 0. The summed E-state index contributed by atoms with van der Waals surface area (Å²) in [6, 6.07) is 29.4. The van der Waals surface area contributed by atoms with Crippen molar-refractivity contribution in [2.24, 2.45) is 0 Å². The molecule has 1 N–H and O–H groups in total. The summed E-state index contributed by atoms with van der Waals surface area (Å²) in [4.78, 5) is 26.8. The van der Waals surface area contributed by atoms with Crippen molar-refractivity contribution in [2.45, 2.75) is 19.3 Å². The van der Waals surface area contributed by atoms with Crippen LogP contribution in [0.25, 0.3) is 0 Å². The van der Waals surface area contributed by atoms with Crippen LogP contribution >= 0.6 is 0 Å². The Balaban J connectivity index is 1.54. The molecule has 0 heterocycles. The Morgan fingerprint density at radius 2 is 1.28 bits per heavy atom. The van der Waals surface area contributed by atoms with Crippen molar-refractivity contribution in [3.05, 3.63) is 102 Å². The van der Waals surface area contributed by atoms with Crippen LogP contribution in [-0.4, -0.2) is 24.9 Å². The monoisotopic (exact) mass is 386 g/mol. The lowest BCUT2D eigenvalue weighted by molar-refractivity contribution is -0.121. The number of carbonyl (C=O) groups excluding carboxylic acids is 2. The lowest BCUT2D eigenvalue weighted by Gasteiger charge is -2.23. The molecule has 29 heavy (non-hydrogen) atoms. The van der Waals surface area contributed by atoms with Gasteiger partial charge in [-0.05, 0) is 29.7 Å². The summed E-state index contributed by atoms with van der Waals surface area (Å²) in [6.07, 6.45) is 1.37. The first-order valence-corrected chi connectivity index (χ1v) is 9.92. The largest absolute Gasteiger partial charge is 0.355 e. The normalized spacial score (nSPS) is 10.3. The van der Waals surface area contributed by atoms with Gasteiger partial charge in [0.2, 0.25) is 11.8 Å². The van der Waals surface area contributed by atoms with E-state index in [1.54, 1.807) is 4.90 Å². The molecule has 0 bridgehead atoms. The van der Waals surface area contributed by atoms with Gasteiger partial charge in [0.15, 0.2) is 0 Å². The average Bonchev–Trinajstić information content (AvgIpc) is 2.76. The van der Waals surface area contributed by atoms with E-state index in [1.807, 2.05) is 78.9 Å². The molecule has 3 aromatic rings. The molecular formula is C25H26N2O2. The Labute approximate surface area is 172 Å². The van der Waals surface area contributed by atoms with Gasteiger partial charge in [0, 0.05) is 25.2 Å². The van der Waals surface area contributed by atoms with Crippen LogP contribution in [0.1, 0.15) is 17.5 Å². The zero-order valence-electron chi connectivity index (χ0n) is 16.5. The number of anilines is 1. The quantitative estimate of drug-likeness (QED) is 0.604. The minimum absolute atomic E-state index is 0.00661. The van der Waals surface area contributed by atoms with Crippen LogP contribution in [0.2, 0.25) is 0 Å². The highest BCUT2D eigenvalue weighted by molar-refractivity contribution is 5.93. The van der Waals surface area contributed by atoms with Gasteiger partial charge < -0.3 is 10.2 Å². The van der Waals surface area contributed by atoms with Crippen LogP contribution in [0.4, 0.5) is 5.69 Å². The molecule has 148 valence electrons. The fourth-order valence-electron chi connectivity index (χ4n) is 3.18. The number of hydrogen-bond donors (Lipinski definition) is 1. The van der Waals surface area contributed by atoms with Crippen LogP contribution in [-0.2, 0) is 22.4 Å². The topological polar surface area (TPSA) is 49.4 Å². The molecule has 0 unspecified atom stereocenters. The first-order valence-electron chi connectivity index (χ1n) is 9.92. The molecule has 0 aliphatic carbocycles. The summed E-state index contributed by atoms with van der Waals surface area (Å²) < 4.78 is 0. The van der Waals surface area contributed by atoms with E-state index < -0.39 is 0 Å². The smallest absolute Gasteiger partial charge is 0.228 e. The van der Waals surface area contributed by atoms with Gasteiger partial charge in [0.05, 0.1) is 6.42 Å². The SMILES string of the molecule is O=C(Cc1ccccc1)NCCC(=O)N(CCc1ccccc1)c1ccccc1. The van der Waals surface area contributed by atoms with E-state index in [0.29, 0.717) is 19.5 Å². The third-order valence-corrected chi connectivity index (χ3v) is 4.70. The van der Waals surface area contributed by atoms with Crippen molar-refractivity contribution >= 4 is 17.5 Å². The number of nitrogens with one attached hydrogen (secondary N) is 1. The van der Waals surface area contributed by atoms with Crippen molar-refractivity contribution in [3.8, 4) is 0 Å². The Morgan fingerprint density at radius 3 is 1.90 bits per heavy atom. The highest BCUT2D eigenvalue weighted by Crippen LogP contribution is 2.15. The van der Waals surface area contributed by atoms with Gasteiger partial charge in [-0.3, -0.25) is 9.59 Å². The third-order valence-electron chi connectivity index (χ3n) is 4.70. The minimum atomic E-state index is -0.0699. The second-order valence-corrected chi connectivity index (χ2v) is 6.88. The van der Waals surface area contributed by atoms with Crippen LogP contribution < -0.4 is 10.2 Å². The van der Waals surface area contributed by atoms with Crippen LogP contribution in [0.3, 0.4) is 0 Å². The van der Waals surface area contributed by atoms with E-state index in [0.717, 1.165) is 17.7 Å². The fraction of sp³-hybridized carbons (Fsp3) is 0.200. The van der Waals surface area contributed by atoms with Crippen LogP contribution in [0.15, 0.2) is 91.0 Å². The van der Waals surface area contributed by atoms with Crippen molar-refractivity contribution in [1.82, 2.24) is 5.32 Å². The Morgan fingerprint density at radius 1 is 0.724 bits per heavy atom. The average molecular weight is 386 g/mol. The lowest BCUT2D eigenvalue weighted by Crippen LogP contribution is -2.36. The van der Waals surface area contributed by atoms with Gasteiger partial charge in [-0.25, -0.2) is 0 Å². The molecule has 0 fully saturated rings. The number of hydrogen-bond acceptors (Lipinski definition) is 2. The first-order chi connectivity index (χ1) is 14.2. The van der Waals surface area contributed by atoms with E-state index in [-0.39, 0.29) is 18.2 Å². The number of nitrogens with zero attached hydrogens (tertiary/aromatic N) is 1. The van der Waals surface area contributed by atoms with E-state index >= 15 is 0 Å². The zero-order valence-corrected chi connectivity index (χ0v) is 16.5. The zero-order chi connectivity index (χ0) is 20.3. The van der Waals surface area contributed by atoms with E-state index in [1.165, 1.54) is 5.56 Å². The highest BCUT2D eigenvalue weighted by Gasteiger charge is 2.15. The van der Waals surface area contributed by atoms with Crippen molar-refractivity contribution < 1.29 is 9.59 Å². The molecule has 4 heteroatoms. The van der Waals surface area contributed by atoms with Gasteiger partial charge in [0.1, 0.15) is 0 Å². The summed E-state index contributed by atoms with van der Waals surface area (Å²) in [6.45, 7) is 0.935. The first kappa shape index (κ1) is 20.3. The summed E-state index contributed by atoms with van der Waals surface area (Å²) in [5.41, 5.74) is 3.03. The summed E-state index contributed by atoms with van der Waals surface area (Å²) in [5.74, 6) is -0.0633. The fourth-order valence-corrected chi connectivity index (χ4v) is 3.18. The van der Waals surface area contributed by atoms with Gasteiger partial charge >= 0.3 is 0 Å². The predicted octanol–water partition coefficient (Wildman–Crippen LogP) is 4.01.